The van der Waals surface area contributed by atoms with Crippen molar-refractivity contribution in [1.82, 2.24) is 5.32 Å². The van der Waals surface area contributed by atoms with E-state index in [2.05, 4.69) is 15.3 Å². The molecule has 0 saturated heterocycles. The molecule has 0 rings (SSSR count). The third kappa shape index (κ3) is 9.33. The molecule has 0 atom stereocenters. The van der Waals surface area contributed by atoms with Crippen LogP contribution in [-0.2, 0) is 19.1 Å². The average Bonchev–Trinajstić information content (AvgIpc) is 2.51. The van der Waals surface area contributed by atoms with Gasteiger partial charge >= 0.3 is 12.1 Å². The molecule has 1 N–H and O–H groups in total. The Kier molecular flexibility index (Phi) is 10.2. The normalized spacial score (nSPS) is 12.0. The fourth-order valence-corrected chi connectivity index (χ4v) is 1.08. The zero-order chi connectivity index (χ0) is 17.0. The predicted octanol–water partition coefficient (Wildman–Crippen LogP) is 2.49. The fourth-order valence-electron chi connectivity index (χ4n) is 1.08. The van der Waals surface area contributed by atoms with Crippen LogP contribution < -0.4 is 5.32 Å². The summed E-state index contributed by atoms with van der Waals surface area (Å²) in [5.41, 5.74) is 0.269. The van der Waals surface area contributed by atoms with Crippen molar-refractivity contribution in [3.05, 3.63) is 0 Å². The van der Waals surface area contributed by atoms with Crippen molar-refractivity contribution in [1.29, 1.82) is 0 Å². The highest BCUT2D eigenvalue weighted by molar-refractivity contribution is 5.81. The van der Waals surface area contributed by atoms with Gasteiger partial charge in [-0.1, -0.05) is 19.0 Å². The Balaban J connectivity index is 3.59. The monoisotopic (exact) mass is 316 g/mol. The molecule has 1 amide bonds. The summed E-state index contributed by atoms with van der Waals surface area (Å²) in [6.45, 7) is 10.4. The van der Waals surface area contributed by atoms with Gasteiger partial charge in [-0.2, -0.15) is 0 Å². The van der Waals surface area contributed by atoms with Gasteiger partial charge in [0.1, 0.15) is 6.61 Å². The number of carbonyl (C=O) groups is 2. The van der Waals surface area contributed by atoms with Gasteiger partial charge in [0.05, 0.1) is 24.3 Å². The molecule has 0 heterocycles. The molecule has 0 aliphatic heterocycles. The standard InChI is InChI=1S/C15H28N2O5/c1-6-12(3)17-22-14(19)16-8-9-20-10-11-21-13(18)15(4,5)7-2/h6-11H2,1-5H3,(H,16,19). The van der Waals surface area contributed by atoms with Gasteiger partial charge in [-0.3, -0.25) is 9.63 Å². The van der Waals surface area contributed by atoms with E-state index in [1.54, 1.807) is 6.92 Å². The Hall–Kier alpha value is -1.63. The number of nitrogens with one attached hydrogen (secondary N) is 1. The average molecular weight is 316 g/mol. The van der Waals surface area contributed by atoms with Crippen LogP contribution >= 0.6 is 0 Å². The first kappa shape index (κ1) is 20.4. The first-order valence-corrected chi connectivity index (χ1v) is 7.56. The summed E-state index contributed by atoms with van der Waals surface area (Å²) in [7, 11) is 0. The van der Waals surface area contributed by atoms with Gasteiger partial charge in [0.15, 0.2) is 0 Å². The maximum absolute atomic E-state index is 11.7. The van der Waals surface area contributed by atoms with E-state index in [0.29, 0.717) is 13.2 Å². The van der Waals surface area contributed by atoms with Crippen molar-refractivity contribution in [2.24, 2.45) is 10.6 Å². The summed E-state index contributed by atoms with van der Waals surface area (Å²) >= 11 is 0. The molecule has 7 heteroatoms. The molecule has 128 valence electrons. The maximum Gasteiger partial charge on any atom is 0.433 e. The van der Waals surface area contributed by atoms with Gasteiger partial charge in [0, 0.05) is 6.54 Å². The molecule has 0 aromatic rings. The van der Waals surface area contributed by atoms with Gasteiger partial charge in [-0.05, 0) is 33.6 Å². The van der Waals surface area contributed by atoms with E-state index in [9.17, 15) is 9.59 Å². The molecule has 0 aliphatic carbocycles. The summed E-state index contributed by atoms with van der Waals surface area (Å²) < 4.78 is 10.4. The summed E-state index contributed by atoms with van der Waals surface area (Å²) in [4.78, 5) is 27.5. The van der Waals surface area contributed by atoms with E-state index in [-0.39, 0.29) is 19.2 Å². The summed E-state index contributed by atoms with van der Waals surface area (Å²) in [5, 5.41) is 6.12. The maximum atomic E-state index is 11.7. The highest BCUT2D eigenvalue weighted by Crippen LogP contribution is 2.21. The first-order chi connectivity index (χ1) is 10.3. The quantitative estimate of drug-likeness (QED) is 0.220. The fraction of sp³-hybridized carbons (Fsp3) is 0.800. The lowest BCUT2D eigenvalue weighted by Gasteiger charge is -2.20. The molecule has 0 spiro atoms. The Morgan fingerprint density at radius 2 is 1.82 bits per heavy atom. The number of ether oxygens (including phenoxy) is 2. The number of amides is 1. The van der Waals surface area contributed by atoms with Crippen LogP contribution in [0.3, 0.4) is 0 Å². The predicted molar refractivity (Wildman–Crippen MR) is 83.7 cm³/mol. The number of oxime groups is 1. The zero-order valence-corrected chi connectivity index (χ0v) is 14.2. The Morgan fingerprint density at radius 3 is 2.41 bits per heavy atom. The minimum atomic E-state index is -0.618. The summed E-state index contributed by atoms with van der Waals surface area (Å²) in [6, 6.07) is 0. The van der Waals surface area contributed by atoms with E-state index in [4.69, 9.17) is 9.47 Å². The van der Waals surface area contributed by atoms with E-state index in [1.807, 2.05) is 27.7 Å². The number of nitrogens with zero attached hydrogens (tertiary/aromatic N) is 1. The van der Waals surface area contributed by atoms with Gasteiger partial charge in [-0.15, -0.1) is 0 Å². The van der Waals surface area contributed by atoms with Crippen LogP contribution in [0.5, 0.6) is 0 Å². The Morgan fingerprint density at radius 1 is 1.14 bits per heavy atom. The Labute approximate surface area is 132 Å². The third-order valence-corrected chi connectivity index (χ3v) is 3.21. The van der Waals surface area contributed by atoms with Crippen LogP contribution in [0.2, 0.25) is 0 Å². The third-order valence-electron chi connectivity index (χ3n) is 3.21. The smallest absolute Gasteiger partial charge is 0.433 e. The van der Waals surface area contributed by atoms with Crippen LogP contribution in [0.25, 0.3) is 0 Å². The van der Waals surface area contributed by atoms with Crippen molar-refractivity contribution >= 4 is 17.8 Å². The zero-order valence-electron chi connectivity index (χ0n) is 14.2. The van der Waals surface area contributed by atoms with Crippen LogP contribution in [0.15, 0.2) is 5.16 Å². The topological polar surface area (TPSA) is 86.2 Å². The Bertz CT molecular complexity index is 380. The summed E-state index contributed by atoms with van der Waals surface area (Å²) in [5.74, 6) is -0.232. The van der Waals surface area contributed by atoms with Gasteiger partial charge < -0.3 is 14.8 Å². The minimum Gasteiger partial charge on any atom is -0.463 e. The van der Waals surface area contributed by atoms with Crippen LogP contribution in [0, 0.1) is 5.41 Å². The summed E-state index contributed by atoms with van der Waals surface area (Å²) in [6.07, 6.45) is 0.829. The van der Waals surface area contributed by atoms with Crippen molar-refractivity contribution in [2.45, 2.75) is 47.5 Å². The largest absolute Gasteiger partial charge is 0.463 e. The second-order valence-electron chi connectivity index (χ2n) is 5.47. The van der Waals surface area contributed by atoms with Crippen molar-refractivity contribution in [2.75, 3.05) is 26.4 Å². The highest BCUT2D eigenvalue weighted by Gasteiger charge is 2.26. The molecular formula is C15H28N2O5. The van der Waals surface area contributed by atoms with E-state index >= 15 is 0 Å². The molecule has 0 saturated carbocycles. The molecule has 0 aromatic heterocycles. The van der Waals surface area contributed by atoms with Gasteiger partial charge in [-0.25, -0.2) is 4.79 Å². The molecule has 0 unspecified atom stereocenters. The van der Waals surface area contributed by atoms with Crippen molar-refractivity contribution < 1.29 is 23.9 Å². The first-order valence-electron chi connectivity index (χ1n) is 7.56. The molecule has 0 aliphatic rings. The van der Waals surface area contributed by atoms with Crippen LogP contribution in [0.4, 0.5) is 4.79 Å². The molecular weight excluding hydrogens is 288 g/mol. The highest BCUT2D eigenvalue weighted by atomic mass is 16.7. The van der Waals surface area contributed by atoms with Gasteiger partial charge in [0.2, 0.25) is 0 Å². The van der Waals surface area contributed by atoms with Crippen LogP contribution in [0.1, 0.15) is 47.5 Å². The molecule has 22 heavy (non-hydrogen) atoms. The number of carbonyl (C=O) groups excluding carboxylic acids is 2. The van der Waals surface area contributed by atoms with Crippen LogP contribution in [-0.4, -0.2) is 44.1 Å². The number of esters is 1. The van der Waals surface area contributed by atoms with Crippen molar-refractivity contribution in [3.8, 4) is 0 Å². The molecule has 0 fully saturated rings. The second-order valence-corrected chi connectivity index (χ2v) is 5.47. The lowest BCUT2D eigenvalue weighted by molar-refractivity contribution is -0.155. The van der Waals surface area contributed by atoms with Crippen molar-refractivity contribution in [3.63, 3.8) is 0 Å². The van der Waals surface area contributed by atoms with E-state index in [1.165, 1.54) is 0 Å². The lowest BCUT2D eigenvalue weighted by Crippen LogP contribution is -2.28. The molecule has 0 radical (unpaired) electrons. The second kappa shape index (κ2) is 11.0. The SMILES string of the molecule is CCC(C)=NOC(=O)NCCOCCOC(=O)C(C)(C)CC. The lowest BCUT2D eigenvalue weighted by atomic mass is 9.91. The minimum absolute atomic E-state index is 0.201. The molecule has 0 aromatic carbocycles. The van der Waals surface area contributed by atoms with E-state index < -0.39 is 11.5 Å². The molecule has 7 nitrogen and oxygen atoms in total. The molecule has 0 bridgehead atoms. The number of hydrogen-bond donors (Lipinski definition) is 1. The van der Waals surface area contributed by atoms with Gasteiger partial charge in [0.25, 0.3) is 0 Å². The van der Waals surface area contributed by atoms with E-state index in [0.717, 1.165) is 18.6 Å². The number of rotatable bonds is 10. The number of hydrogen-bond acceptors (Lipinski definition) is 6.